The molecule has 0 unspecified atom stereocenters. The SMILES string of the molecule is O=C(CN1CCCN(C(=O)c2cccc(F)c2)CC1)N1CCCCC1. The second kappa shape index (κ2) is 8.43. The van der Waals surface area contributed by atoms with Crippen LogP contribution in [0.3, 0.4) is 0 Å². The third-order valence-corrected chi connectivity index (χ3v) is 5.01. The van der Waals surface area contributed by atoms with Gasteiger partial charge in [-0.1, -0.05) is 6.07 Å². The second-order valence-corrected chi connectivity index (χ2v) is 6.87. The summed E-state index contributed by atoms with van der Waals surface area (Å²) in [5.74, 6) is -0.331. The van der Waals surface area contributed by atoms with E-state index in [1.54, 1.807) is 17.0 Å². The molecule has 0 bridgehead atoms. The molecule has 0 aliphatic carbocycles. The topological polar surface area (TPSA) is 43.9 Å². The van der Waals surface area contributed by atoms with Crippen LogP contribution in [-0.2, 0) is 4.79 Å². The lowest BCUT2D eigenvalue weighted by Crippen LogP contribution is -2.44. The van der Waals surface area contributed by atoms with Crippen LogP contribution in [0.25, 0.3) is 0 Å². The third-order valence-electron chi connectivity index (χ3n) is 5.01. The zero-order valence-corrected chi connectivity index (χ0v) is 14.6. The highest BCUT2D eigenvalue weighted by Crippen LogP contribution is 2.12. The predicted molar refractivity (Wildman–Crippen MR) is 93.8 cm³/mol. The Morgan fingerprint density at radius 2 is 1.64 bits per heavy atom. The number of likely N-dealkylation sites (tertiary alicyclic amines) is 1. The average Bonchev–Trinajstić information content (AvgIpc) is 2.87. The van der Waals surface area contributed by atoms with E-state index in [4.69, 9.17) is 0 Å². The van der Waals surface area contributed by atoms with Crippen LogP contribution in [0.2, 0.25) is 0 Å². The number of hydrogen-bond acceptors (Lipinski definition) is 3. The number of rotatable bonds is 3. The van der Waals surface area contributed by atoms with Crippen molar-refractivity contribution in [1.29, 1.82) is 0 Å². The number of carbonyl (C=O) groups is 2. The van der Waals surface area contributed by atoms with E-state index in [1.165, 1.54) is 18.6 Å². The standard InChI is InChI=1S/C19H26FN3O2/c20-17-7-4-6-16(14-17)19(25)23-11-5-8-21(12-13-23)15-18(24)22-9-2-1-3-10-22/h4,6-7,14H,1-3,5,8-13,15H2. The van der Waals surface area contributed by atoms with Crippen LogP contribution in [0.4, 0.5) is 4.39 Å². The van der Waals surface area contributed by atoms with E-state index in [-0.39, 0.29) is 11.8 Å². The van der Waals surface area contributed by atoms with Crippen LogP contribution in [0.1, 0.15) is 36.0 Å². The van der Waals surface area contributed by atoms with Crippen molar-refractivity contribution in [3.63, 3.8) is 0 Å². The Balaban J connectivity index is 1.53. The molecule has 0 aromatic heterocycles. The molecule has 1 aromatic carbocycles. The number of carbonyl (C=O) groups excluding carboxylic acids is 2. The zero-order valence-electron chi connectivity index (χ0n) is 14.6. The second-order valence-electron chi connectivity index (χ2n) is 6.87. The van der Waals surface area contributed by atoms with Crippen molar-refractivity contribution in [2.45, 2.75) is 25.7 Å². The molecule has 5 nitrogen and oxygen atoms in total. The van der Waals surface area contributed by atoms with Crippen molar-refractivity contribution in [3.8, 4) is 0 Å². The van der Waals surface area contributed by atoms with Crippen LogP contribution >= 0.6 is 0 Å². The van der Waals surface area contributed by atoms with Gasteiger partial charge in [0.15, 0.2) is 0 Å². The number of piperidine rings is 1. The molecule has 0 radical (unpaired) electrons. The van der Waals surface area contributed by atoms with Crippen LogP contribution in [0, 0.1) is 5.82 Å². The Bertz CT molecular complexity index is 616. The molecule has 2 amide bonds. The molecule has 0 saturated carbocycles. The van der Waals surface area contributed by atoms with Crippen molar-refractivity contribution < 1.29 is 14.0 Å². The summed E-state index contributed by atoms with van der Waals surface area (Å²) >= 11 is 0. The fraction of sp³-hybridized carbons (Fsp3) is 0.579. The van der Waals surface area contributed by atoms with Crippen LogP contribution in [-0.4, -0.2) is 72.3 Å². The molecular formula is C19H26FN3O2. The molecule has 136 valence electrons. The Kier molecular flexibility index (Phi) is 6.02. The molecule has 1 aromatic rings. The molecule has 0 N–H and O–H groups in total. The van der Waals surface area contributed by atoms with Gasteiger partial charge in [-0.3, -0.25) is 14.5 Å². The minimum absolute atomic E-state index is 0.135. The van der Waals surface area contributed by atoms with Gasteiger partial charge in [-0.15, -0.1) is 0 Å². The summed E-state index contributed by atoms with van der Waals surface area (Å²) in [6.45, 7) is 4.88. The first kappa shape index (κ1) is 17.9. The molecule has 0 atom stereocenters. The van der Waals surface area contributed by atoms with Gasteiger partial charge < -0.3 is 9.80 Å². The van der Waals surface area contributed by atoms with Gasteiger partial charge in [0, 0.05) is 44.8 Å². The van der Waals surface area contributed by atoms with E-state index in [0.717, 1.165) is 38.9 Å². The molecule has 3 rings (SSSR count). The number of hydrogen-bond donors (Lipinski definition) is 0. The summed E-state index contributed by atoms with van der Waals surface area (Å²) in [6, 6.07) is 5.83. The number of benzene rings is 1. The van der Waals surface area contributed by atoms with Gasteiger partial charge in [0.1, 0.15) is 5.82 Å². The quantitative estimate of drug-likeness (QED) is 0.840. The predicted octanol–water partition coefficient (Wildman–Crippen LogP) is 1.99. The Labute approximate surface area is 148 Å². The summed E-state index contributed by atoms with van der Waals surface area (Å²) in [4.78, 5) is 30.8. The average molecular weight is 347 g/mol. The lowest BCUT2D eigenvalue weighted by Gasteiger charge is -2.29. The molecule has 2 saturated heterocycles. The molecule has 6 heteroatoms. The highest BCUT2D eigenvalue weighted by Gasteiger charge is 2.23. The molecule has 0 spiro atoms. The fourth-order valence-corrected chi connectivity index (χ4v) is 3.57. The lowest BCUT2D eigenvalue weighted by molar-refractivity contribution is -0.133. The monoisotopic (exact) mass is 347 g/mol. The molecule has 2 aliphatic heterocycles. The van der Waals surface area contributed by atoms with Gasteiger partial charge in [-0.2, -0.15) is 0 Å². The molecule has 2 aliphatic rings. The highest BCUT2D eigenvalue weighted by molar-refractivity contribution is 5.94. The number of halogens is 1. The number of amides is 2. The number of nitrogens with zero attached hydrogens (tertiary/aromatic N) is 3. The summed E-state index contributed by atoms with van der Waals surface area (Å²) in [5, 5.41) is 0. The van der Waals surface area contributed by atoms with Gasteiger partial charge in [-0.25, -0.2) is 4.39 Å². The lowest BCUT2D eigenvalue weighted by atomic mass is 10.1. The maximum absolute atomic E-state index is 13.3. The summed E-state index contributed by atoms with van der Waals surface area (Å²) in [5.41, 5.74) is 0.387. The van der Waals surface area contributed by atoms with Crippen LogP contribution < -0.4 is 0 Å². The first-order valence-electron chi connectivity index (χ1n) is 9.18. The first-order chi connectivity index (χ1) is 12.1. The molecule has 25 heavy (non-hydrogen) atoms. The first-order valence-corrected chi connectivity index (χ1v) is 9.18. The normalized spacial score (nSPS) is 19.6. The van der Waals surface area contributed by atoms with E-state index in [1.807, 2.05) is 4.90 Å². The van der Waals surface area contributed by atoms with Gasteiger partial charge in [0.25, 0.3) is 5.91 Å². The highest BCUT2D eigenvalue weighted by atomic mass is 19.1. The Hall–Kier alpha value is -1.95. The van der Waals surface area contributed by atoms with Crippen LogP contribution in [0.15, 0.2) is 24.3 Å². The van der Waals surface area contributed by atoms with Gasteiger partial charge in [-0.05, 0) is 43.9 Å². The largest absolute Gasteiger partial charge is 0.342 e. The third kappa shape index (κ3) is 4.78. The summed E-state index contributed by atoms with van der Waals surface area (Å²) < 4.78 is 13.3. The van der Waals surface area contributed by atoms with Crippen molar-refractivity contribution >= 4 is 11.8 Å². The minimum Gasteiger partial charge on any atom is -0.342 e. The van der Waals surface area contributed by atoms with Gasteiger partial charge in [0.2, 0.25) is 5.91 Å². The maximum Gasteiger partial charge on any atom is 0.254 e. The maximum atomic E-state index is 13.3. The van der Waals surface area contributed by atoms with Gasteiger partial charge in [0.05, 0.1) is 6.54 Å². The van der Waals surface area contributed by atoms with Crippen LogP contribution in [0.5, 0.6) is 0 Å². The van der Waals surface area contributed by atoms with E-state index in [9.17, 15) is 14.0 Å². The molecular weight excluding hydrogens is 321 g/mol. The summed E-state index contributed by atoms with van der Waals surface area (Å²) in [7, 11) is 0. The van der Waals surface area contributed by atoms with E-state index in [2.05, 4.69) is 4.90 Å². The smallest absolute Gasteiger partial charge is 0.254 e. The van der Waals surface area contributed by atoms with Gasteiger partial charge >= 0.3 is 0 Å². The van der Waals surface area contributed by atoms with Crippen molar-refractivity contribution in [3.05, 3.63) is 35.6 Å². The van der Waals surface area contributed by atoms with Crippen molar-refractivity contribution in [1.82, 2.24) is 14.7 Å². The minimum atomic E-state index is -0.394. The van der Waals surface area contributed by atoms with E-state index >= 15 is 0 Å². The Morgan fingerprint density at radius 1 is 0.880 bits per heavy atom. The molecule has 2 heterocycles. The fourth-order valence-electron chi connectivity index (χ4n) is 3.57. The van der Waals surface area contributed by atoms with E-state index < -0.39 is 5.82 Å². The van der Waals surface area contributed by atoms with Crippen molar-refractivity contribution in [2.24, 2.45) is 0 Å². The van der Waals surface area contributed by atoms with Crippen molar-refractivity contribution in [2.75, 3.05) is 45.8 Å². The summed E-state index contributed by atoms with van der Waals surface area (Å²) in [6.07, 6.45) is 4.24. The zero-order chi connectivity index (χ0) is 17.6. The molecule has 2 fully saturated rings. The Morgan fingerprint density at radius 3 is 2.40 bits per heavy atom. The van der Waals surface area contributed by atoms with E-state index in [0.29, 0.717) is 31.7 Å².